The Labute approximate surface area is 104 Å². The van der Waals surface area contributed by atoms with Gasteiger partial charge in [0.2, 0.25) is 0 Å². The van der Waals surface area contributed by atoms with Gasteiger partial charge in [0, 0.05) is 32.2 Å². The average molecular weight is 234 g/mol. The minimum absolute atomic E-state index is 0.314. The molecule has 94 valence electrons. The normalized spacial score (nSPS) is 25.3. The molecule has 0 amide bonds. The third-order valence-corrected chi connectivity index (χ3v) is 3.39. The number of nitrogens with zero attached hydrogens (tertiary/aromatic N) is 1. The topological polar surface area (TPSA) is 38.5 Å². The van der Waals surface area contributed by atoms with Crippen LogP contribution in [0.4, 0.5) is 0 Å². The molecular weight excluding hydrogens is 212 g/mol. The molecular formula is C14H22N2O. The van der Waals surface area contributed by atoms with E-state index >= 15 is 0 Å². The molecule has 1 aliphatic rings. The molecule has 0 aromatic heterocycles. The third-order valence-electron chi connectivity index (χ3n) is 3.39. The molecule has 0 saturated carbocycles. The van der Waals surface area contributed by atoms with Gasteiger partial charge in [0.15, 0.2) is 0 Å². The summed E-state index contributed by atoms with van der Waals surface area (Å²) in [6.45, 7) is 6.60. The van der Waals surface area contributed by atoms with Gasteiger partial charge >= 0.3 is 0 Å². The summed E-state index contributed by atoms with van der Waals surface area (Å²) in [7, 11) is 0. The van der Waals surface area contributed by atoms with Crippen molar-refractivity contribution in [2.24, 2.45) is 11.7 Å². The van der Waals surface area contributed by atoms with Gasteiger partial charge in [-0.1, -0.05) is 30.3 Å². The van der Waals surface area contributed by atoms with Crippen LogP contribution in [0.1, 0.15) is 12.5 Å². The molecule has 1 aromatic carbocycles. The SMILES string of the molecule is CCO[C@@H]1CN(Cc2ccccc2)C[C@H]1CN. The second-order valence-electron chi connectivity index (χ2n) is 4.67. The van der Waals surface area contributed by atoms with Crippen LogP contribution in [-0.4, -0.2) is 37.2 Å². The molecule has 2 N–H and O–H groups in total. The Hall–Kier alpha value is -0.900. The fourth-order valence-corrected chi connectivity index (χ4v) is 2.53. The molecule has 1 saturated heterocycles. The third kappa shape index (κ3) is 3.28. The molecule has 2 rings (SSSR count). The quantitative estimate of drug-likeness (QED) is 0.838. The molecule has 0 unspecified atom stereocenters. The standard InChI is InChI=1S/C14H22N2O/c1-2-17-14-11-16(10-13(14)8-15)9-12-6-4-3-5-7-12/h3-7,13-14H,2,8-11,15H2,1H3/t13-,14-/m1/s1. The van der Waals surface area contributed by atoms with E-state index in [-0.39, 0.29) is 0 Å². The van der Waals surface area contributed by atoms with Crippen LogP contribution in [0.2, 0.25) is 0 Å². The lowest BCUT2D eigenvalue weighted by atomic mass is 10.1. The molecule has 0 spiro atoms. The van der Waals surface area contributed by atoms with E-state index < -0.39 is 0 Å². The number of hydrogen-bond acceptors (Lipinski definition) is 3. The van der Waals surface area contributed by atoms with Gasteiger partial charge in [-0.3, -0.25) is 4.90 Å². The zero-order valence-electron chi connectivity index (χ0n) is 10.5. The highest BCUT2D eigenvalue weighted by molar-refractivity contribution is 5.14. The van der Waals surface area contributed by atoms with E-state index in [1.54, 1.807) is 0 Å². The van der Waals surface area contributed by atoms with Gasteiger partial charge < -0.3 is 10.5 Å². The summed E-state index contributed by atoms with van der Waals surface area (Å²) in [6.07, 6.45) is 0.314. The molecule has 0 bridgehead atoms. The van der Waals surface area contributed by atoms with Gasteiger partial charge in [-0.15, -0.1) is 0 Å². The Morgan fingerprint density at radius 2 is 2.06 bits per heavy atom. The monoisotopic (exact) mass is 234 g/mol. The van der Waals surface area contributed by atoms with Gasteiger partial charge in [0.05, 0.1) is 6.10 Å². The van der Waals surface area contributed by atoms with E-state index in [0.29, 0.717) is 12.0 Å². The van der Waals surface area contributed by atoms with E-state index in [0.717, 1.165) is 32.8 Å². The maximum Gasteiger partial charge on any atom is 0.0754 e. The molecule has 2 atom stereocenters. The Morgan fingerprint density at radius 3 is 2.71 bits per heavy atom. The lowest BCUT2D eigenvalue weighted by Gasteiger charge is -2.16. The molecule has 0 radical (unpaired) electrons. The summed E-state index contributed by atoms with van der Waals surface area (Å²) in [5.41, 5.74) is 7.16. The Kier molecular flexibility index (Phi) is 4.54. The maximum atomic E-state index is 5.80. The zero-order valence-corrected chi connectivity index (χ0v) is 10.5. The highest BCUT2D eigenvalue weighted by Gasteiger charge is 2.31. The van der Waals surface area contributed by atoms with E-state index in [1.807, 2.05) is 6.92 Å². The summed E-state index contributed by atoms with van der Waals surface area (Å²) in [6, 6.07) is 10.6. The van der Waals surface area contributed by atoms with Gasteiger partial charge in [0.1, 0.15) is 0 Å². The van der Waals surface area contributed by atoms with Crippen molar-refractivity contribution in [2.45, 2.75) is 19.6 Å². The first-order chi connectivity index (χ1) is 8.33. The van der Waals surface area contributed by atoms with Gasteiger partial charge in [-0.05, 0) is 19.0 Å². The van der Waals surface area contributed by atoms with Crippen LogP contribution >= 0.6 is 0 Å². The van der Waals surface area contributed by atoms with Crippen molar-refractivity contribution in [3.8, 4) is 0 Å². The fourth-order valence-electron chi connectivity index (χ4n) is 2.53. The largest absolute Gasteiger partial charge is 0.377 e. The molecule has 1 aromatic rings. The van der Waals surface area contributed by atoms with Crippen molar-refractivity contribution in [3.05, 3.63) is 35.9 Å². The molecule has 3 heteroatoms. The number of ether oxygens (including phenoxy) is 1. The van der Waals surface area contributed by atoms with Gasteiger partial charge in [0.25, 0.3) is 0 Å². The van der Waals surface area contributed by atoms with Crippen molar-refractivity contribution in [1.82, 2.24) is 4.90 Å². The van der Waals surface area contributed by atoms with Crippen LogP contribution in [0.15, 0.2) is 30.3 Å². The summed E-state index contributed by atoms with van der Waals surface area (Å²) < 4.78 is 5.75. The lowest BCUT2D eigenvalue weighted by molar-refractivity contribution is 0.0446. The highest BCUT2D eigenvalue weighted by atomic mass is 16.5. The van der Waals surface area contributed by atoms with Crippen molar-refractivity contribution >= 4 is 0 Å². The number of rotatable bonds is 5. The molecule has 1 fully saturated rings. The minimum atomic E-state index is 0.314. The first-order valence-electron chi connectivity index (χ1n) is 6.41. The molecule has 3 nitrogen and oxygen atoms in total. The van der Waals surface area contributed by atoms with Crippen LogP contribution in [0, 0.1) is 5.92 Å². The predicted molar refractivity (Wildman–Crippen MR) is 69.7 cm³/mol. The summed E-state index contributed by atoms with van der Waals surface area (Å²) in [5, 5.41) is 0. The Bertz CT molecular complexity index is 328. The zero-order chi connectivity index (χ0) is 12.1. The molecule has 0 aliphatic carbocycles. The molecule has 17 heavy (non-hydrogen) atoms. The van der Waals surface area contributed by atoms with Crippen LogP contribution in [0.3, 0.4) is 0 Å². The van der Waals surface area contributed by atoms with E-state index in [9.17, 15) is 0 Å². The fraction of sp³-hybridized carbons (Fsp3) is 0.571. The number of hydrogen-bond donors (Lipinski definition) is 1. The van der Waals surface area contributed by atoms with Crippen LogP contribution in [-0.2, 0) is 11.3 Å². The van der Waals surface area contributed by atoms with Crippen molar-refractivity contribution < 1.29 is 4.74 Å². The van der Waals surface area contributed by atoms with Gasteiger partial charge in [-0.2, -0.15) is 0 Å². The van der Waals surface area contributed by atoms with E-state index in [2.05, 4.69) is 35.2 Å². The van der Waals surface area contributed by atoms with Crippen LogP contribution in [0.5, 0.6) is 0 Å². The second-order valence-corrected chi connectivity index (χ2v) is 4.67. The van der Waals surface area contributed by atoms with E-state index in [1.165, 1.54) is 5.56 Å². The first-order valence-corrected chi connectivity index (χ1v) is 6.41. The smallest absolute Gasteiger partial charge is 0.0754 e. The summed E-state index contributed by atoms with van der Waals surface area (Å²) in [5.74, 6) is 0.485. The number of likely N-dealkylation sites (tertiary alicyclic amines) is 1. The van der Waals surface area contributed by atoms with Crippen molar-refractivity contribution in [3.63, 3.8) is 0 Å². The second kappa shape index (κ2) is 6.15. The van der Waals surface area contributed by atoms with Crippen LogP contribution < -0.4 is 5.73 Å². The first kappa shape index (κ1) is 12.6. The van der Waals surface area contributed by atoms with Crippen molar-refractivity contribution in [1.29, 1.82) is 0 Å². The molecule has 1 heterocycles. The van der Waals surface area contributed by atoms with E-state index in [4.69, 9.17) is 10.5 Å². The summed E-state index contributed by atoms with van der Waals surface area (Å²) >= 11 is 0. The number of nitrogens with two attached hydrogens (primary N) is 1. The number of benzene rings is 1. The highest BCUT2D eigenvalue weighted by Crippen LogP contribution is 2.21. The van der Waals surface area contributed by atoms with Crippen LogP contribution in [0.25, 0.3) is 0 Å². The average Bonchev–Trinajstić information content (AvgIpc) is 2.73. The Balaban J connectivity index is 1.91. The maximum absolute atomic E-state index is 5.80. The van der Waals surface area contributed by atoms with Crippen molar-refractivity contribution in [2.75, 3.05) is 26.2 Å². The molecule has 1 aliphatic heterocycles. The minimum Gasteiger partial charge on any atom is -0.377 e. The lowest BCUT2D eigenvalue weighted by Crippen LogP contribution is -2.28. The Morgan fingerprint density at radius 1 is 1.29 bits per heavy atom. The van der Waals surface area contributed by atoms with Gasteiger partial charge in [-0.25, -0.2) is 0 Å². The predicted octanol–water partition coefficient (Wildman–Crippen LogP) is 1.48. The summed E-state index contributed by atoms with van der Waals surface area (Å²) in [4.78, 5) is 2.44.